The van der Waals surface area contributed by atoms with E-state index in [0.29, 0.717) is 6.54 Å². The maximum absolute atomic E-state index is 14.1. The van der Waals surface area contributed by atoms with Gasteiger partial charge in [0.2, 0.25) is 0 Å². The number of para-hydroxylation sites is 1. The second-order valence-corrected chi connectivity index (χ2v) is 9.38. The van der Waals surface area contributed by atoms with Gasteiger partial charge in [-0.25, -0.2) is 0 Å². The summed E-state index contributed by atoms with van der Waals surface area (Å²) in [7, 11) is -5.62. The third-order valence-corrected chi connectivity index (χ3v) is 6.72. The normalized spacial score (nSPS) is 12.7. The Morgan fingerprint density at radius 1 is 1.18 bits per heavy atom. The van der Waals surface area contributed by atoms with Crippen LogP contribution in [-0.2, 0) is 23.2 Å². The van der Waals surface area contributed by atoms with Gasteiger partial charge in [-0.1, -0.05) is 53.2 Å². The lowest BCUT2D eigenvalue weighted by Gasteiger charge is -2.20. The van der Waals surface area contributed by atoms with E-state index in [9.17, 15) is 13.3 Å². The number of hydrogen-bond donors (Lipinski definition) is 2. The fourth-order valence-electron chi connectivity index (χ4n) is 3.67. The first-order valence-corrected chi connectivity index (χ1v) is 11.2. The predicted octanol–water partition coefficient (Wildman–Crippen LogP) is 5.86. The van der Waals surface area contributed by atoms with E-state index >= 15 is 0 Å². The highest BCUT2D eigenvalue weighted by Gasteiger charge is 2.51. The molecule has 3 aromatic rings. The minimum atomic E-state index is -5.62. The van der Waals surface area contributed by atoms with E-state index in [1.54, 1.807) is 0 Å². The summed E-state index contributed by atoms with van der Waals surface area (Å²) in [5.74, 6) is 0. The van der Waals surface area contributed by atoms with E-state index in [2.05, 4.69) is 33.5 Å². The molecule has 0 radical (unpaired) electrons. The summed E-state index contributed by atoms with van der Waals surface area (Å²) in [6, 6.07) is 10.2. The third-order valence-electron chi connectivity index (χ3n) is 5.09. The summed E-state index contributed by atoms with van der Waals surface area (Å²) in [6.07, 6.45) is 0.885. The van der Waals surface area contributed by atoms with Crippen LogP contribution in [-0.4, -0.2) is 14.4 Å². The molecule has 0 bridgehead atoms. The Morgan fingerprint density at radius 2 is 1.86 bits per heavy atom. The Morgan fingerprint density at radius 3 is 2.43 bits per heavy atom. The van der Waals surface area contributed by atoms with E-state index in [4.69, 9.17) is 9.79 Å². The van der Waals surface area contributed by atoms with Crippen molar-refractivity contribution < 1.29 is 23.1 Å². The van der Waals surface area contributed by atoms with E-state index < -0.39 is 18.8 Å². The van der Waals surface area contributed by atoms with Gasteiger partial charge in [-0.15, -0.1) is 0 Å². The van der Waals surface area contributed by atoms with Crippen LogP contribution in [0, 0.1) is 13.8 Å². The molecule has 0 aliphatic heterocycles. The van der Waals surface area contributed by atoms with Gasteiger partial charge in [0, 0.05) is 27.7 Å². The predicted molar refractivity (Wildman–Crippen MR) is 110 cm³/mol. The van der Waals surface area contributed by atoms with Gasteiger partial charge in [0.1, 0.15) is 0 Å². The standard InChI is InChI=1S/C20H21BrF2NO3P/c1-4-15-13(3)24(19-12(2)6-5-7-16(15)19)11-14-8-9-17(18(21)10-14)20(22,23)28(25,26)27/h5-10H,4,11H2,1-3H3,(H2,25,26,27). The number of rotatable bonds is 5. The Labute approximate surface area is 170 Å². The number of benzene rings is 2. The number of aryl methyl sites for hydroxylation is 2. The summed E-state index contributed by atoms with van der Waals surface area (Å²) >= 11 is 3.06. The summed E-state index contributed by atoms with van der Waals surface area (Å²) in [6.45, 7) is 6.65. The SMILES string of the molecule is CCc1c(C)n(Cc2ccc(C(F)(F)P(=O)(O)O)c(Br)c2)c2c(C)cccc12. The van der Waals surface area contributed by atoms with Crippen LogP contribution >= 0.6 is 23.5 Å². The fraction of sp³-hybridized carbons (Fsp3) is 0.300. The van der Waals surface area contributed by atoms with Crippen LogP contribution in [0.25, 0.3) is 10.9 Å². The Kier molecular flexibility index (Phi) is 5.58. The zero-order chi connectivity index (χ0) is 20.9. The third kappa shape index (κ3) is 3.45. The van der Waals surface area contributed by atoms with Gasteiger partial charge in [-0.3, -0.25) is 4.57 Å². The van der Waals surface area contributed by atoms with Gasteiger partial charge >= 0.3 is 13.3 Å². The Bertz CT molecular complexity index is 1100. The molecule has 28 heavy (non-hydrogen) atoms. The highest BCUT2D eigenvalue weighted by atomic mass is 79.9. The van der Waals surface area contributed by atoms with Gasteiger partial charge in [-0.2, -0.15) is 8.78 Å². The molecule has 150 valence electrons. The monoisotopic (exact) mass is 471 g/mol. The number of hydrogen-bond acceptors (Lipinski definition) is 1. The molecule has 2 aromatic carbocycles. The second-order valence-electron chi connectivity index (χ2n) is 6.87. The summed E-state index contributed by atoms with van der Waals surface area (Å²) in [4.78, 5) is 18.0. The lowest BCUT2D eigenvalue weighted by molar-refractivity contribution is 0.0557. The van der Waals surface area contributed by atoms with Crippen molar-refractivity contribution in [3.63, 3.8) is 0 Å². The van der Waals surface area contributed by atoms with Crippen LogP contribution in [0.4, 0.5) is 8.78 Å². The zero-order valence-electron chi connectivity index (χ0n) is 15.7. The van der Waals surface area contributed by atoms with Crippen molar-refractivity contribution in [3.8, 4) is 0 Å². The number of fused-ring (bicyclic) bond motifs is 1. The first kappa shape index (κ1) is 21.2. The lowest BCUT2D eigenvalue weighted by atomic mass is 10.1. The first-order valence-electron chi connectivity index (χ1n) is 8.78. The molecule has 0 saturated carbocycles. The molecule has 0 fully saturated rings. The maximum atomic E-state index is 14.1. The zero-order valence-corrected chi connectivity index (χ0v) is 18.2. The highest BCUT2D eigenvalue weighted by molar-refractivity contribution is 9.10. The molecule has 0 unspecified atom stereocenters. The molecule has 3 rings (SSSR count). The molecule has 4 nitrogen and oxygen atoms in total. The van der Waals surface area contributed by atoms with Crippen molar-refractivity contribution in [3.05, 3.63) is 68.8 Å². The van der Waals surface area contributed by atoms with Gasteiger partial charge < -0.3 is 14.4 Å². The second kappa shape index (κ2) is 7.38. The number of aromatic nitrogens is 1. The van der Waals surface area contributed by atoms with Gasteiger partial charge in [0.15, 0.2) is 0 Å². The minimum absolute atomic E-state index is 0.0279. The maximum Gasteiger partial charge on any atom is 0.399 e. The molecular weight excluding hydrogens is 451 g/mol. The molecule has 0 saturated heterocycles. The van der Waals surface area contributed by atoms with E-state index in [1.165, 1.54) is 23.1 Å². The van der Waals surface area contributed by atoms with Crippen LogP contribution in [0.15, 0.2) is 40.9 Å². The van der Waals surface area contributed by atoms with E-state index in [0.717, 1.165) is 34.8 Å². The van der Waals surface area contributed by atoms with Crippen molar-refractivity contribution in [1.82, 2.24) is 4.57 Å². The van der Waals surface area contributed by atoms with Crippen LogP contribution in [0.5, 0.6) is 0 Å². The van der Waals surface area contributed by atoms with Crippen molar-refractivity contribution in [1.29, 1.82) is 0 Å². The summed E-state index contributed by atoms with van der Waals surface area (Å²) < 4.78 is 41.4. The highest BCUT2D eigenvalue weighted by Crippen LogP contribution is 2.60. The quantitative estimate of drug-likeness (QED) is 0.458. The van der Waals surface area contributed by atoms with Gasteiger partial charge in [-0.05, 0) is 43.0 Å². The molecule has 0 amide bonds. The number of alkyl halides is 2. The molecule has 2 N–H and O–H groups in total. The summed E-state index contributed by atoms with van der Waals surface area (Å²) in [5, 5.41) is 1.18. The first-order chi connectivity index (χ1) is 13.0. The molecule has 0 aliphatic rings. The molecular formula is C20H21BrF2NO3P. The fourth-order valence-corrected chi connectivity index (χ4v) is 5.01. The average Bonchev–Trinajstić information content (AvgIpc) is 2.86. The van der Waals surface area contributed by atoms with E-state index in [1.807, 2.05) is 26.0 Å². The Balaban J connectivity index is 2.08. The average molecular weight is 472 g/mol. The minimum Gasteiger partial charge on any atom is -0.340 e. The molecule has 0 spiro atoms. The largest absolute Gasteiger partial charge is 0.399 e. The molecule has 1 heterocycles. The molecule has 8 heteroatoms. The van der Waals surface area contributed by atoms with Crippen LogP contribution in [0.1, 0.15) is 34.9 Å². The lowest BCUT2D eigenvalue weighted by Crippen LogP contribution is -2.15. The van der Waals surface area contributed by atoms with Gasteiger partial charge in [0.05, 0.1) is 5.52 Å². The van der Waals surface area contributed by atoms with Gasteiger partial charge in [0.25, 0.3) is 0 Å². The van der Waals surface area contributed by atoms with Crippen molar-refractivity contribution in [2.45, 2.75) is 39.4 Å². The molecule has 0 aliphatic carbocycles. The topological polar surface area (TPSA) is 62.5 Å². The Hall–Kier alpha value is -1.53. The van der Waals surface area contributed by atoms with Crippen LogP contribution in [0.3, 0.4) is 0 Å². The van der Waals surface area contributed by atoms with E-state index in [-0.39, 0.29) is 4.47 Å². The van der Waals surface area contributed by atoms with Crippen LogP contribution in [0.2, 0.25) is 0 Å². The van der Waals surface area contributed by atoms with Crippen molar-refractivity contribution in [2.75, 3.05) is 0 Å². The molecule has 1 aromatic heterocycles. The molecule has 0 atom stereocenters. The van der Waals surface area contributed by atoms with Crippen LogP contribution < -0.4 is 0 Å². The smallest absolute Gasteiger partial charge is 0.340 e. The number of nitrogens with zero attached hydrogens (tertiary/aromatic N) is 1. The summed E-state index contributed by atoms with van der Waals surface area (Å²) in [5.41, 5.74) is 0.399. The van der Waals surface area contributed by atoms with Crippen molar-refractivity contribution >= 4 is 34.4 Å². The van der Waals surface area contributed by atoms with Crippen molar-refractivity contribution in [2.24, 2.45) is 0 Å². The number of halogens is 3.